The Morgan fingerprint density at radius 1 is 1.31 bits per heavy atom. The van der Waals surface area contributed by atoms with Gasteiger partial charge in [0.15, 0.2) is 0 Å². The molecule has 26 heavy (non-hydrogen) atoms. The van der Waals surface area contributed by atoms with E-state index in [1.54, 1.807) is 11.0 Å². The average molecular weight is 358 g/mol. The Bertz CT molecular complexity index is 744. The molecule has 7 nitrogen and oxygen atoms in total. The summed E-state index contributed by atoms with van der Waals surface area (Å²) in [6.45, 7) is 6.61. The first-order chi connectivity index (χ1) is 12.3. The molecule has 0 spiro atoms. The largest absolute Gasteiger partial charge is 0.330 e. The molecule has 2 aliphatic rings. The van der Waals surface area contributed by atoms with E-state index >= 15 is 0 Å². The molecule has 0 aliphatic carbocycles. The second-order valence-electron chi connectivity index (χ2n) is 7.82. The maximum absolute atomic E-state index is 12.8. The maximum Gasteiger partial charge on any atom is 0.255 e. The molecule has 3 rings (SSSR count). The van der Waals surface area contributed by atoms with Crippen molar-refractivity contribution in [2.45, 2.75) is 45.8 Å². The summed E-state index contributed by atoms with van der Waals surface area (Å²) in [6, 6.07) is 5.10. The summed E-state index contributed by atoms with van der Waals surface area (Å²) in [6.07, 6.45) is 0.641. The van der Waals surface area contributed by atoms with Crippen LogP contribution in [0, 0.1) is 5.41 Å². The third kappa shape index (κ3) is 3.64. The summed E-state index contributed by atoms with van der Waals surface area (Å²) in [5, 5.41) is 5.74. The predicted octanol–water partition coefficient (Wildman–Crippen LogP) is 0.522. The van der Waals surface area contributed by atoms with Gasteiger partial charge >= 0.3 is 0 Å². The lowest BCUT2D eigenvalue weighted by Gasteiger charge is -2.29. The van der Waals surface area contributed by atoms with Crippen LogP contribution in [0.3, 0.4) is 0 Å². The highest BCUT2D eigenvalue weighted by molar-refractivity contribution is 6.05. The van der Waals surface area contributed by atoms with Crippen LogP contribution in [0.5, 0.6) is 0 Å². The zero-order chi connectivity index (χ0) is 18.9. The Morgan fingerprint density at radius 3 is 2.77 bits per heavy atom. The summed E-state index contributed by atoms with van der Waals surface area (Å²) < 4.78 is 0. The van der Waals surface area contributed by atoms with Gasteiger partial charge < -0.3 is 16.0 Å². The maximum atomic E-state index is 12.8. The molecule has 1 aromatic rings. The fraction of sp³-hybridized carbons (Fsp3) is 0.526. The number of benzene rings is 1. The minimum atomic E-state index is -0.579. The van der Waals surface area contributed by atoms with E-state index in [2.05, 4.69) is 24.5 Å². The smallest absolute Gasteiger partial charge is 0.255 e. The van der Waals surface area contributed by atoms with Gasteiger partial charge in [0.1, 0.15) is 6.04 Å². The Hall–Kier alpha value is -2.25. The van der Waals surface area contributed by atoms with Gasteiger partial charge in [-0.3, -0.25) is 19.7 Å². The number of nitrogens with one attached hydrogen (secondary N) is 2. The van der Waals surface area contributed by atoms with Crippen molar-refractivity contribution in [1.29, 1.82) is 0 Å². The molecule has 2 heterocycles. The number of carbonyl (C=O) groups is 3. The van der Waals surface area contributed by atoms with E-state index in [0.29, 0.717) is 31.6 Å². The molecule has 1 fully saturated rings. The SMILES string of the molecule is CC(C)(CN)CNCc1cccc2c1CN(C1CCC(=O)NC1=O)C2=O. The summed E-state index contributed by atoms with van der Waals surface area (Å²) in [5.41, 5.74) is 8.43. The number of rotatable bonds is 6. The summed E-state index contributed by atoms with van der Waals surface area (Å²) in [7, 11) is 0. The van der Waals surface area contributed by atoms with Crippen molar-refractivity contribution in [3.8, 4) is 0 Å². The van der Waals surface area contributed by atoms with E-state index in [9.17, 15) is 14.4 Å². The van der Waals surface area contributed by atoms with Crippen molar-refractivity contribution >= 4 is 17.7 Å². The van der Waals surface area contributed by atoms with Gasteiger partial charge in [-0.1, -0.05) is 26.0 Å². The van der Waals surface area contributed by atoms with Crippen LogP contribution in [-0.2, 0) is 22.7 Å². The topological polar surface area (TPSA) is 105 Å². The lowest BCUT2D eigenvalue weighted by atomic mass is 9.93. The van der Waals surface area contributed by atoms with E-state index in [-0.39, 0.29) is 29.6 Å². The second-order valence-corrected chi connectivity index (χ2v) is 7.82. The molecule has 2 aliphatic heterocycles. The van der Waals surface area contributed by atoms with Gasteiger partial charge in [-0.05, 0) is 35.6 Å². The first-order valence-electron chi connectivity index (χ1n) is 8.98. The fourth-order valence-corrected chi connectivity index (χ4v) is 3.42. The van der Waals surface area contributed by atoms with Gasteiger partial charge in [0.05, 0.1) is 0 Å². The molecule has 3 amide bonds. The van der Waals surface area contributed by atoms with Crippen molar-refractivity contribution in [1.82, 2.24) is 15.5 Å². The molecule has 1 aromatic carbocycles. The first-order valence-corrected chi connectivity index (χ1v) is 8.98. The second kappa shape index (κ2) is 7.17. The Labute approximate surface area is 153 Å². The molecule has 7 heteroatoms. The van der Waals surface area contributed by atoms with Crippen LogP contribution in [0.15, 0.2) is 18.2 Å². The van der Waals surface area contributed by atoms with Crippen molar-refractivity contribution in [3.05, 3.63) is 34.9 Å². The summed E-state index contributed by atoms with van der Waals surface area (Å²) >= 11 is 0. The van der Waals surface area contributed by atoms with Gasteiger partial charge in [-0.25, -0.2) is 0 Å². The number of nitrogens with zero attached hydrogens (tertiary/aromatic N) is 1. The Balaban J connectivity index is 1.73. The van der Waals surface area contributed by atoms with Crippen molar-refractivity contribution in [3.63, 3.8) is 0 Å². The molecular formula is C19H26N4O3. The molecule has 4 N–H and O–H groups in total. The van der Waals surface area contributed by atoms with Crippen LogP contribution < -0.4 is 16.4 Å². The average Bonchev–Trinajstić information content (AvgIpc) is 2.93. The zero-order valence-electron chi connectivity index (χ0n) is 15.3. The number of hydrogen-bond acceptors (Lipinski definition) is 5. The van der Waals surface area contributed by atoms with E-state index in [4.69, 9.17) is 5.73 Å². The summed E-state index contributed by atoms with van der Waals surface area (Å²) in [4.78, 5) is 37.9. The number of imide groups is 1. The molecular weight excluding hydrogens is 332 g/mol. The molecule has 1 atom stereocenters. The van der Waals surface area contributed by atoms with Crippen molar-refractivity contribution < 1.29 is 14.4 Å². The third-order valence-electron chi connectivity index (χ3n) is 5.15. The molecule has 1 saturated heterocycles. The minimum Gasteiger partial charge on any atom is -0.330 e. The Morgan fingerprint density at radius 2 is 2.08 bits per heavy atom. The van der Waals surface area contributed by atoms with E-state index in [1.807, 2.05) is 12.1 Å². The number of hydrogen-bond donors (Lipinski definition) is 3. The third-order valence-corrected chi connectivity index (χ3v) is 5.15. The number of amides is 3. The highest BCUT2D eigenvalue weighted by Gasteiger charge is 2.39. The normalized spacial score (nSPS) is 20.3. The molecule has 0 aromatic heterocycles. The van der Waals surface area contributed by atoms with Crippen LogP contribution >= 0.6 is 0 Å². The van der Waals surface area contributed by atoms with E-state index < -0.39 is 6.04 Å². The molecule has 140 valence electrons. The van der Waals surface area contributed by atoms with Crippen molar-refractivity contribution in [2.24, 2.45) is 11.1 Å². The van der Waals surface area contributed by atoms with Gasteiger partial charge in [0.2, 0.25) is 11.8 Å². The Kier molecular flexibility index (Phi) is 5.11. The van der Waals surface area contributed by atoms with Crippen LogP contribution in [0.4, 0.5) is 0 Å². The number of fused-ring (bicyclic) bond motifs is 1. The van der Waals surface area contributed by atoms with E-state index in [1.165, 1.54) is 0 Å². The van der Waals surface area contributed by atoms with E-state index in [0.717, 1.165) is 17.7 Å². The molecule has 0 bridgehead atoms. The van der Waals surface area contributed by atoms with Crippen LogP contribution in [-0.4, -0.2) is 41.8 Å². The number of nitrogens with two attached hydrogens (primary N) is 1. The van der Waals surface area contributed by atoms with Crippen molar-refractivity contribution in [2.75, 3.05) is 13.1 Å². The number of carbonyl (C=O) groups excluding carboxylic acids is 3. The zero-order valence-corrected chi connectivity index (χ0v) is 15.3. The highest BCUT2D eigenvalue weighted by Crippen LogP contribution is 2.29. The van der Waals surface area contributed by atoms with Crippen LogP contribution in [0.2, 0.25) is 0 Å². The van der Waals surface area contributed by atoms with Gasteiger partial charge in [-0.2, -0.15) is 0 Å². The monoisotopic (exact) mass is 358 g/mol. The molecule has 1 unspecified atom stereocenters. The molecule has 0 saturated carbocycles. The number of piperidine rings is 1. The standard InChI is InChI=1S/C19H26N4O3/c1-19(2,10-20)11-21-8-12-4-3-5-13-14(12)9-23(18(13)26)15-6-7-16(24)22-17(15)25/h3-5,15,21H,6-11,20H2,1-2H3,(H,22,24,25). The fourth-order valence-electron chi connectivity index (χ4n) is 3.42. The quantitative estimate of drug-likeness (QED) is 0.643. The molecule has 0 radical (unpaired) electrons. The van der Waals surface area contributed by atoms with Crippen LogP contribution in [0.25, 0.3) is 0 Å². The lowest BCUT2D eigenvalue weighted by Crippen LogP contribution is -2.52. The highest BCUT2D eigenvalue weighted by atomic mass is 16.2. The van der Waals surface area contributed by atoms with Crippen LogP contribution in [0.1, 0.15) is 48.2 Å². The van der Waals surface area contributed by atoms with Gasteiger partial charge in [0, 0.05) is 31.6 Å². The lowest BCUT2D eigenvalue weighted by molar-refractivity contribution is -0.136. The van der Waals surface area contributed by atoms with Gasteiger partial charge in [-0.15, -0.1) is 0 Å². The van der Waals surface area contributed by atoms with Gasteiger partial charge in [0.25, 0.3) is 5.91 Å². The first kappa shape index (κ1) is 18.5. The predicted molar refractivity (Wildman–Crippen MR) is 97.0 cm³/mol. The minimum absolute atomic E-state index is 0.00648. The summed E-state index contributed by atoms with van der Waals surface area (Å²) in [5.74, 6) is -0.798.